The van der Waals surface area contributed by atoms with Gasteiger partial charge in [-0.3, -0.25) is 4.79 Å². The highest BCUT2D eigenvalue weighted by Gasteiger charge is 2.42. The molecule has 0 aliphatic heterocycles. The Bertz CT molecular complexity index is 404. The van der Waals surface area contributed by atoms with E-state index in [0.29, 0.717) is 10.5 Å². The van der Waals surface area contributed by atoms with Gasteiger partial charge in [-0.25, -0.2) is 0 Å². The Kier molecular flexibility index (Phi) is 4.11. The number of anilines is 1. The Morgan fingerprint density at radius 3 is 2.53 bits per heavy atom. The average molecular weight is 246 g/mol. The number of benzene rings is 1. The van der Waals surface area contributed by atoms with Crippen molar-refractivity contribution in [3.63, 3.8) is 0 Å². The lowest BCUT2D eigenvalue weighted by Gasteiger charge is -2.22. The molecule has 1 rings (SSSR count). The topological polar surface area (TPSA) is 46.3 Å². The van der Waals surface area contributed by atoms with Crippen molar-refractivity contribution >= 4 is 11.6 Å². The molecule has 0 aliphatic rings. The monoisotopic (exact) mass is 246 g/mol. The van der Waals surface area contributed by atoms with Crippen LogP contribution in [0.25, 0.3) is 0 Å². The number of halogens is 3. The van der Waals surface area contributed by atoms with Gasteiger partial charge < -0.3 is 10.6 Å². The van der Waals surface area contributed by atoms with Gasteiger partial charge in [0.15, 0.2) is 0 Å². The molecule has 17 heavy (non-hydrogen) atoms. The summed E-state index contributed by atoms with van der Waals surface area (Å²) in [7, 11) is 0. The van der Waals surface area contributed by atoms with Crippen molar-refractivity contribution in [1.29, 1.82) is 0 Å². The molecule has 0 fully saturated rings. The fourth-order valence-corrected chi connectivity index (χ4v) is 1.45. The van der Waals surface area contributed by atoms with Crippen LogP contribution in [0.4, 0.5) is 18.9 Å². The van der Waals surface area contributed by atoms with Crippen LogP contribution >= 0.6 is 0 Å². The van der Waals surface area contributed by atoms with Crippen molar-refractivity contribution in [2.24, 2.45) is 5.73 Å². The van der Waals surface area contributed by atoms with Crippen molar-refractivity contribution in [2.45, 2.75) is 19.6 Å². The predicted octanol–water partition coefficient (Wildman–Crippen LogP) is 2.06. The Hall–Kier alpha value is -1.56. The second-order valence-corrected chi connectivity index (χ2v) is 3.42. The molecule has 2 N–H and O–H groups in total. The fourth-order valence-electron chi connectivity index (χ4n) is 1.45. The zero-order valence-corrected chi connectivity index (χ0v) is 9.29. The lowest BCUT2D eigenvalue weighted by atomic mass is 10.2. The predicted molar refractivity (Wildman–Crippen MR) is 58.4 cm³/mol. The first-order valence-corrected chi connectivity index (χ1v) is 5.07. The van der Waals surface area contributed by atoms with E-state index in [2.05, 4.69) is 0 Å². The fraction of sp³-hybridized carbons (Fsp3) is 0.364. The Morgan fingerprint density at radius 2 is 2.06 bits per heavy atom. The maximum atomic E-state index is 12.3. The normalized spacial score (nSPS) is 11.4. The van der Waals surface area contributed by atoms with Crippen molar-refractivity contribution in [3.8, 4) is 0 Å². The summed E-state index contributed by atoms with van der Waals surface area (Å²) < 4.78 is 37.0. The number of carbonyl (C=O) groups excluding carboxylic acids is 1. The van der Waals surface area contributed by atoms with Crippen LogP contribution in [0.1, 0.15) is 12.5 Å². The average Bonchev–Trinajstić information content (AvgIpc) is 2.29. The molecular weight excluding hydrogens is 233 g/mol. The van der Waals surface area contributed by atoms with E-state index in [1.807, 2.05) is 0 Å². The second kappa shape index (κ2) is 5.18. The van der Waals surface area contributed by atoms with Gasteiger partial charge in [0.2, 0.25) is 0 Å². The highest BCUT2D eigenvalue weighted by molar-refractivity contribution is 5.97. The van der Waals surface area contributed by atoms with E-state index < -0.39 is 12.1 Å². The number of hydrogen-bond acceptors (Lipinski definition) is 2. The Balaban J connectivity index is 3.05. The molecule has 1 aromatic rings. The summed E-state index contributed by atoms with van der Waals surface area (Å²) >= 11 is 0. The second-order valence-electron chi connectivity index (χ2n) is 3.42. The molecule has 0 heterocycles. The minimum absolute atomic E-state index is 0.0492. The van der Waals surface area contributed by atoms with E-state index in [0.717, 1.165) is 0 Å². The van der Waals surface area contributed by atoms with Crippen LogP contribution in [0.2, 0.25) is 0 Å². The summed E-state index contributed by atoms with van der Waals surface area (Å²) in [6, 6.07) is 6.19. The maximum Gasteiger partial charge on any atom is 0.471 e. The van der Waals surface area contributed by atoms with Crippen LogP contribution in [0, 0.1) is 0 Å². The van der Waals surface area contributed by atoms with Crippen LogP contribution in [0.5, 0.6) is 0 Å². The van der Waals surface area contributed by atoms with Gasteiger partial charge in [-0.1, -0.05) is 12.1 Å². The third-order valence-corrected chi connectivity index (χ3v) is 2.26. The molecule has 0 spiro atoms. The Labute approximate surface area is 97.0 Å². The van der Waals surface area contributed by atoms with Gasteiger partial charge in [0.25, 0.3) is 0 Å². The molecule has 3 nitrogen and oxygen atoms in total. The van der Waals surface area contributed by atoms with Crippen molar-refractivity contribution in [2.75, 3.05) is 11.4 Å². The van der Waals surface area contributed by atoms with Crippen LogP contribution in [0.15, 0.2) is 24.3 Å². The molecule has 0 aliphatic carbocycles. The molecule has 0 saturated carbocycles. The minimum Gasteiger partial charge on any atom is -0.326 e. The van der Waals surface area contributed by atoms with E-state index in [-0.39, 0.29) is 18.8 Å². The first kappa shape index (κ1) is 13.5. The van der Waals surface area contributed by atoms with Gasteiger partial charge in [0, 0.05) is 18.8 Å². The summed E-state index contributed by atoms with van der Waals surface area (Å²) in [6.45, 7) is 1.65. The van der Waals surface area contributed by atoms with Crippen LogP contribution < -0.4 is 10.6 Å². The smallest absolute Gasteiger partial charge is 0.326 e. The number of amides is 1. The largest absolute Gasteiger partial charge is 0.471 e. The molecule has 0 aromatic heterocycles. The lowest BCUT2D eigenvalue weighted by Crippen LogP contribution is -2.41. The number of nitrogens with two attached hydrogens (primary N) is 1. The van der Waals surface area contributed by atoms with Gasteiger partial charge in [-0.15, -0.1) is 0 Å². The molecule has 0 atom stereocenters. The van der Waals surface area contributed by atoms with Gasteiger partial charge in [-0.05, 0) is 24.6 Å². The van der Waals surface area contributed by atoms with Crippen LogP contribution in [-0.4, -0.2) is 18.6 Å². The third-order valence-electron chi connectivity index (χ3n) is 2.26. The third kappa shape index (κ3) is 3.20. The van der Waals surface area contributed by atoms with E-state index >= 15 is 0 Å². The van der Waals surface area contributed by atoms with E-state index in [9.17, 15) is 18.0 Å². The van der Waals surface area contributed by atoms with Gasteiger partial charge in [0.1, 0.15) is 0 Å². The van der Waals surface area contributed by atoms with Crippen LogP contribution in [0.3, 0.4) is 0 Å². The molecular formula is C11H13F3N2O. The first-order chi connectivity index (χ1) is 7.90. The molecule has 0 unspecified atom stereocenters. The summed E-state index contributed by atoms with van der Waals surface area (Å²) in [5, 5.41) is 0. The summed E-state index contributed by atoms with van der Waals surface area (Å²) in [6.07, 6.45) is -4.87. The maximum absolute atomic E-state index is 12.3. The van der Waals surface area contributed by atoms with Crippen LogP contribution in [-0.2, 0) is 11.3 Å². The SMILES string of the molecule is CCN(C(=O)C(F)(F)F)c1cccc(CN)c1. The number of hydrogen-bond donors (Lipinski definition) is 1. The summed E-state index contributed by atoms with van der Waals surface area (Å²) in [5.41, 5.74) is 6.28. The molecule has 0 radical (unpaired) electrons. The van der Waals surface area contributed by atoms with Gasteiger partial charge in [-0.2, -0.15) is 13.2 Å². The number of carbonyl (C=O) groups is 1. The number of nitrogens with zero attached hydrogens (tertiary/aromatic N) is 1. The quantitative estimate of drug-likeness (QED) is 0.887. The van der Waals surface area contributed by atoms with Gasteiger partial charge >= 0.3 is 12.1 Å². The highest BCUT2D eigenvalue weighted by atomic mass is 19.4. The van der Waals surface area contributed by atoms with Crippen molar-refractivity contribution in [3.05, 3.63) is 29.8 Å². The summed E-state index contributed by atoms with van der Waals surface area (Å²) in [5.74, 6) is -1.87. The van der Waals surface area contributed by atoms with E-state index in [4.69, 9.17) is 5.73 Å². The molecule has 0 bridgehead atoms. The number of rotatable bonds is 3. The molecule has 1 amide bonds. The molecule has 6 heteroatoms. The van der Waals surface area contributed by atoms with Gasteiger partial charge in [0.05, 0.1) is 0 Å². The standard InChI is InChI=1S/C11H13F3N2O/c1-2-16(10(17)11(12,13)14)9-5-3-4-8(6-9)7-15/h3-6H,2,7,15H2,1H3. The van der Waals surface area contributed by atoms with Crippen molar-refractivity contribution in [1.82, 2.24) is 0 Å². The number of alkyl halides is 3. The molecule has 94 valence electrons. The Morgan fingerprint density at radius 1 is 1.41 bits per heavy atom. The zero-order valence-electron chi connectivity index (χ0n) is 9.29. The summed E-state index contributed by atoms with van der Waals surface area (Å²) in [4.78, 5) is 11.8. The zero-order chi connectivity index (χ0) is 13.1. The van der Waals surface area contributed by atoms with Crippen molar-refractivity contribution < 1.29 is 18.0 Å². The molecule has 1 aromatic carbocycles. The van der Waals surface area contributed by atoms with E-state index in [1.165, 1.54) is 19.1 Å². The first-order valence-electron chi connectivity index (χ1n) is 5.07. The minimum atomic E-state index is -4.87. The highest BCUT2D eigenvalue weighted by Crippen LogP contribution is 2.24. The lowest BCUT2D eigenvalue weighted by molar-refractivity contribution is -0.170. The molecule has 0 saturated heterocycles. The van der Waals surface area contributed by atoms with E-state index in [1.54, 1.807) is 12.1 Å².